The van der Waals surface area contributed by atoms with Gasteiger partial charge < -0.3 is 22.8 Å². The maximum absolute atomic E-state index is 4.94. The third kappa shape index (κ3) is 12.7. The normalized spacial score (nSPS) is 12.2. The van der Waals surface area contributed by atoms with E-state index in [-0.39, 0.29) is 5.41 Å². The molecule has 26 rings (SSSR count). The average Bonchev–Trinajstić information content (AvgIpc) is 1.56. The predicted molar refractivity (Wildman–Crippen MR) is 535 cm³/mol. The minimum atomic E-state index is -0.0726. The van der Waals surface area contributed by atoms with Gasteiger partial charge in [-0.3, -0.25) is 0 Å². The summed E-state index contributed by atoms with van der Waals surface area (Å²) in [7, 11) is 0. The van der Waals surface area contributed by atoms with Crippen molar-refractivity contribution in [1.29, 1.82) is 0 Å². The van der Waals surface area contributed by atoms with Crippen LogP contribution < -0.4 is 0 Å². The quantitative estimate of drug-likeness (QED) is 0.130. The SMILES string of the molecule is CC1(C)c2ccccc2-c2cc3c4ccccc4n(-c4ccc(-c5nc(-c6ccccc6)nc(-c6ccccc6)n5)cc4)c3cc21.c1ccc(-n2c3ccccc3c3cc(-c4ccc(-c5ccc6c(c5)c5ccccc5n6-c5ccccc5)cc4)ccc32)cc1.c1ccc(-n2c3ccccc3c3cc(-c4ccc5c(c4)c4ccccc4n5-c4ccccc4)ccc32)cc1. The molecule has 6 heterocycles. The maximum atomic E-state index is 4.94. The molecular formula is C120H82N8. The number of hydrogen-bond donors (Lipinski definition) is 0. The summed E-state index contributed by atoms with van der Waals surface area (Å²) in [6.45, 7) is 4.68. The summed E-state index contributed by atoms with van der Waals surface area (Å²) in [5, 5.41) is 12.7. The number of nitrogens with zero attached hydrogens (tertiary/aromatic N) is 8. The lowest BCUT2D eigenvalue weighted by atomic mass is 9.82. The number of benzene rings is 19. The first-order valence-corrected chi connectivity index (χ1v) is 43.9. The third-order valence-electron chi connectivity index (χ3n) is 26.1. The van der Waals surface area contributed by atoms with Gasteiger partial charge >= 0.3 is 0 Å². The van der Waals surface area contributed by atoms with Crippen LogP contribution in [0.4, 0.5) is 0 Å². The lowest BCUT2D eigenvalue weighted by molar-refractivity contribution is 0.661. The largest absolute Gasteiger partial charge is 0.309 e. The molecule has 0 bridgehead atoms. The van der Waals surface area contributed by atoms with E-state index in [1.54, 1.807) is 0 Å². The predicted octanol–water partition coefficient (Wildman–Crippen LogP) is 31.0. The Bertz CT molecular complexity index is 8210. The van der Waals surface area contributed by atoms with Crippen molar-refractivity contribution in [1.82, 2.24) is 37.8 Å². The molecule has 8 nitrogen and oxygen atoms in total. The van der Waals surface area contributed by atoms with Gasteiger partial charge in [0.2, 0.25) is 0 Å². The fourth-order valence-corrected chi connectivity index (χ4v) is 20.0. The molecule has 0 N–H and O–H groups in total. The van der Waals surface area contributed by atoms with Crippen LogP contribution in [0.3, 0.4) is 0 Å². The van der Waals surface area contributed by atoms with Gasteiger partial charge in [0.15, 0.2) is 17.5 Å². The van der Waals surface area contributed by atoms with E-state index in [1.165, 1.54) is 187 Å². The summed E-state index contributed by atoms with van der Waals surface area (Å²) in [4.78, 5) is 14.7. The number of aromatic nitrogens is 8. The van der Waals surface area contributed by atoms with Crippen LogP contribution in [0.1, 0.15) is 25.0 Å². The zero-order valence-electron chi connectivity index (χ0n) is 70.5. The Hall–Kier alpha value is -16.8. The smallest absolute Gasteiger partial charge is 0.164 e. The zero-order chi connectivity index (χ0) is 84.9. The van der Waals surface area contributed by atoms with E-state index in [0.717, 1.165) is 22.4 Å². The maximum Gasteiger partial charge on any atom is 0.164 e. The lowest BCUT2D eigenvalue weighted by Gasteiger charge is -2.21. The van der Waals surface area contributed by atoms with Gasteiger partial charge in [-0.05, 0) is 219 Å². The van der Waals surface area contributed by atoms with Crippen LogP contribution in [0.2, 0.25) is 0 Å². The molecule has 0 amide bonds. The van der Waals surface area contributed by atoms with Gasteiger partial charge in [-0.15, -0.1) is 0 Å². The second kappa shape index (κ2) is 30.9. The molecule has 19 aromatic carbocycles. The summed E-state index contributed by atoms with van der Waals surface area (Å²) in [6.07, 6.45) is 0. The van der Waals surface area contributed by atoms with Crippen LogP contribution in [0.5, 0.6) is 0 Å². The highest BCUT2D eigenvalue weighted by Gasteiger charge is 2.36. The van der Waals surface area contributed by atoms with Crippen LogP contribution in [0.25, 0.3) is 216 Å². The molecule has 1 aliphatic carbocycles. The molecule has 1 aliphatic rings. The highest BCUT2D eigenvalue weighted by atomic mass is 15.0. The number of rotatable bonds is 11. The van der Waals surface area contributed by atoms with Crippen LogP contribution in [-0.4, -0.2) is 37.8 Å². The van der Waals surface area contributed by atoms with Gasteiger partial charge in [0, 0.05) is 104 Å². The van der Waals surface area contributed by atoms with Gasteiger partial charge in [0.25, 0.3) is 0 Å². The van der Waals surface area contributed by atoms with Gasteiger partial charge in [-0.25, -0.2) is 15.0 Å². The van der Waals surface area contributed by atoms with Gasteiger partial charge in [-0.1, -0.05) is 311 Å². The van der Waals surface area contributed by atoms with Gasteiger partial charge in [0.1, 0.15) is 0 Å². The molecule has 0 fully saturated rings. The third-order valence-corrected chi connectivity index (χ3v) is 26.1. The first kappa shape index (κ1) is 75.0. The second-order valence-corrected chi connectivity index (χ2v) is 33.8. The molecule has 0 unspecified atom stereocenters. The van der Waals surface area contributed by atoms with Crippen LogP contribution in [0, 0.1) is 0 Å². The van der Waals surface area contributed by atoms with Crippen LogP contribution in [-0.2, 0) is 5.41 Å². The second-order valence-electron chi connectivity index (χ2n) is 33.8. The topological polar surface area (TPSA) is 63.3 Å². The monoisotopic (exact) mass is 1630 g/mol. The number of hydrogen-bond acceptors (Lipinski definition) is 3. The minimum Gasteiger partial charge on any atom is -0.309 e. The van der Waals surface area contributed by atoms with Crippen LogP contribution >= 0.6 is 0 Å². The van der Waals surface area contributed by atoms with E-state index in [0.29, 0.717) is 17.5 Å². The molecule has 0 radical (unpaired) electrons. The highest BCUT2D eigenvalue weighted by Crippen LogP contribution is 2.52. The Morgan fingerprint density at radius 1 is 0.156 bits per heavy atom. The van der Waals surface area contributed by atoms with Crippen molar-refractivity contribution >= 4 is 109 Å². The standard InChI is InChI=1S/C42H30N4.C42H28N2.C36H24N2/c1-42(2)35-19-11-9-17-31(35)33-25-34-32-18-10-12-20-37(32)46(38(34)26-36(33)42)30-23-21-29(22-24-30)41-44-39(27-13-5-3-6-14-27)43-40(45-41)28-15-7-4-8-16-28;1-3-11-33(12-4-1)43-39-17-9-7-15-35(39)37-27-31(23-25-41(37)43)29-19-21-30(22-20-29)32-24-26-42-38(28-32)36-16-8-10-18-40(36)44(42)34-13-5-2-6-14-34;1-3-11-27(12-4-1)37-33-17-9-7-15-29(33)31-23-25(19-21-35(31)37)26-20-22-36-32(24-26)30-16-8-10-18-34(30)38(36)28-13-5-2-6-14-28/h3-26H,1-2H3;1-28H;1-24H. The van der Waals surface area contributed by atoms with E-state index in [2.05, 4.69) is 437 Å². The molecule has 0 saturated heterocycles. The number of fused-ring (bicyclic) bond motifs is 18. The Balaban J connectivity index is 0.000000107. The summed E-state index contributed by atoms with van der Waals surface area (Å²) >= 11 is 0. The Labute approximate surface area is 740 Å². The van der Waals surface area contributed by atoms with Crippen molar-refractivity contribution in [3.63, 3.8) is 0 Å². The molecule has 0 spiro atoms. The lowest BCUT2D eigenvalue weighted by Crippen LogP contribution is -2.14. The molecule has 6 aromatic heterocycles. The van der Waals surface area contributed by atoms with Crippen LogP contribution in [0.15, 0.2) is 461 Å². The Kier molecular flexibility index (Phi) is 18.1. The van der Waals surface area contributed by atoms with Crippen molar-refractivity contribution in [3.8, 4) is 107 Å². The van der Waals surface area contributed by atoms with E-state index < -0.39 is 0 Å². The van der Waals surface area contributed by atoms with E-state index in [1.807, 2.05) is 60.7 Å². The molecule has 0 saturated carbocycles. The molecule has 128 heavy (non-hydrogen) atoms. The van der Waals surface area contributed by atoms with Crippen molar-refractivity contribution in [2.75, 3.05) is 0 Å². The minimum absolute atomic E-state index is 0.0726. The molecular weight excluding hydrogens is 1550 g/mol. The van der Waals surface area contributed by atoms with Crippen molar-refractivity contribution in [2.24, 2.45) is 0 Å². The molecule has 0 aliphatic heterocycles. The first-order valence-electron chi connectivity index (χ1n) is 43.9. The van der Waals surface area contributed by atoms with E-state index in [4.69, 9.17) is 15.0 Å². The fourth-order valence-electron chi connectivity index (χ4n) is 20.0. The van der Waals surface area contributed by atoms with Gasteiger partial charge in [0.05, 0.1) is 55.2 Å². The summed E-state index contributed by atoms with van der Waals surface area (Å²) in [5.41, 5.74) is 33.6. The highest BCUT2D eigenvalue weighted by molar-refractivity contribution is 6.16. The molecule has 8 heteroatoms. The summed E-state index contributed by atoms with van der Waals surface area (Å²) in [6, 6.07) is 165. The van der Waals surface area contributed by atoms with Crippen molar-refractivity contribution in [2.45, 2.75) is 19.3 Å². The Morgan fingerprint density at radius 3 is 0.727 bits per heavy atom. The molecule has 602 valence electrons. The van der Waals surface area contributed by atoms with Gasteiger partial charge in [-0.2, -0.15) is 0 Å². The first-order chi connectivity index (χ1) is 63.3. The average molecular weight is 1640 g/mol. The summed E-state index contributed by atoms with van der Waals surface area (Å²) < 4.78 is 11.9. The molecule has 25 aromatic rings. The van der Waals surface area contributed by atoms with E-state index >= 15 is 0 Å². The van der Waals surface area contributed by atoms with Crippen molar-refractivity contribution < 1.29 is 0 Å². The fraction of sp³-hybridized carbons (Fsp3) is 0.0250. The van der Waals surface area contributed by atoms with Crippen molar-refractivity contribution in [3.05, 3.63) is 472 Å². The molecule has 0 atom stereocenters. The number of para-hydroxylation sites is 9. The zero-order valence-corrected chi connectivity index (χ0v) is 70.5. The Morgan fingerprint density at radius 2 is 0.391 bits per heavy atom. The van der Waals surface area contributed by atoms with E-state index in [9.17, 15) is 0 Å². The summed E-state index contributed by atoms with van der Waals surface area (Å²) in [5.74, 6) is 1.97.